The number of aliphatic hydroxyl groups is 8. The first-order valence-corrected chi connectivity index (χ1v) is 3.61. The van der Waals surface area contributed by atoms with E-state index in [9.17, 15) is 0 Å². The first kappa shape index (κ1) is 159. The second-order valence-corrected chi connectivity index (χ2v) is 0.960. The fraction of sp³-hybridized carbons (Fsp3) is 0.800. The van der Waals surface area contributed by atoms with Crippen LogP contribution in [0.5, 0.6) is 0 Å². The van der Waals surface area contributed by atoms with E-state index < -0.39 is 33.3 Å². The summed E-state index contributed by atoms with van der Waals surface area (Å²) in [5.74, 6) is 0. The Kier molecular flexibility index (Phi) is 1190. The SMILES string of the molecule is C.C.C.C.O.O.O=CO.O=C[O-].OC(O)O.OCO.OCO.[K+].[K+].[K+].[K+].[K+].[K+].[O-]CO.[OH-].[OH-].[OH-]. The fourth-order valence-corrected chi connectivity index (χ4v) is 0. The van der Waals surface area contributed by atoms with Crippen molar-refractivity contribution in [3.63, 3.8) is 0 Å². The Hall–Kier alpha value is 8.20. The summed E-state index contributed by atoms with van der Waals surface area (Å²) in [6.45, 7) is -5.42. The van der Waals surface area contributed by atoms with E-state index in [1.165, 1.54) is 0 Å². The predicted molar refractivity (Wildman–Crippen MR) is 90.9 cm³/mol. The first-order valence-electron chi connectivity index (χ1n) is 3.61. The molecule has 0 amide bonds. The molecule has 0 spiro atoms. The van der Waals surface area contributed by atoms with Gasteiger partial charge in [-0.25, -0.2) is 0 Å². The minimum Gasteiger partial charge on any atom is -0.870 e. The second kappa shape index (κ2) is 254. The van der Waals surface area contributed by atoms with Crippen molar-refractivity contribution in [3.8, 4) is 0 Å². The van der Waals surface area contributed by atoms with Crippen molar-refractivity contribution in [3.05, 3.63) is 0 Å². The van der Waals surface area contributed by atoms with Crippen LogP contribution in [0.1, 0.15) is 29.7 Å². The van der Waals surface area contributed by atoms with E-state index in [1.807, 2.05) is 0 Å². The van der Waals surface area contributed by atoms with Gasteiger partial charge in [-0.15, -0.1) is 0 Å². The summed E-state index contributed by atoms with van der Waals surface area (Å²) in [6, 6.07) is 0. The van der Waals surface area contributed by atoms with E-state index >= 15 is 0 Å². The molecule has 0 atom stereocenters. The number of rotatable bonds is 0. The number of hydrogen-bond donors (Lipinski definition) is 9. The molecular formula is C10H41K6O18+. The van der Waals surface area contributed by atoms with E-state index in [4.69, 9.17) is 65.8 Å². The van der Waals surface area contributed by atoms with Gasteiger partial charge < -0.3 is 88.3 Å². The molecule has 34 heavy (non-hydrogen) atoms. The van der Waals surface area contributed by atoms with Crippen molar-refractivity contribution in [2.75, 3.05) is 20.4 Å². The van der Waals surface area contributed by atoms with Gasteiger partial charge in [-0.2, -0.15) is 0 Å². The predicted octanol–water partition coefficient (Wildman–Crippen LogP) is -25.1. The molecule has 0 saturated carbocycles. The van der Waals surface area contributed by atoms with Gasteiger partial charge in [0.15, 0.2) is 0 Å². The summed E-state index contributed by atoms with van der Waals surface area (Å²) in [5.41, 5.74) is 0. The minimum absolute atomic E-state index is 0. The first-order chi connectivity index (χ1) is 8.80. The Balaban J connectivity index is -0.00000000289. The third-order valence-corrected chi connectivity index (χ3v) is 0. The van der Waals surface area contributed by atoms with Gasteiger partial charge in [0, 0.05) is 6.47 Å². The molecule has 16 N–H and O–H groups in total. The molecule has 0 unspecified atom stereocenters. The molecule has 0 aromatic carbocycles. The van der Waals surface area contributed by atoms with E-state index in [2.05, 4.69) is 0 Å². The van der Waals surface area contributed by atoms with Crippen LogP contribution in [0, 0.1) is 0 Å². The monoisotopic (exact) mass is 683 g/mol. The third-order valence-electron chi connectivity index (χ3n) is 0. The Bertz CT molecular complexity index is 116. The van der Waals surface area contributed by atoms with Crippen molar-refractivity contribution in [1.82, 2.24) is 0 Å². The van der Waals surface area contributed by atoms with E-state index in [-0.39, 0.29) is 372 Å². The second-order valence-electron chi connectivity index (χ2n) is 0.960. The Labute approximate surface area is 457 Å². The molecule has 194 valence electrons. The summed E-state index contributed by atoms with van der Waals surface area (Å²) in [6.07, 6.45) is 0. The molecule has 0 aromatic heterocycles. The van der Waals surface area contributed by atoms with Crippen molar-refractivity contribution in [2.24, 2.45) is 0 Å². The number of carbonyl (C=O) groups excluding carboxylic acids is 1. The van der Waals surface area contributed by atoms with Crippen LogP contribution in [-0.4, -0.2) is 113 Å². The van der Waals surface area contributed by atoms with Crippen LogP contribution in [0.3, 0.4) is 0 Å². The molecular weight excluding hydrogens is 643 g/mol. The molecule has 0 rings (SSSR count). The zero-order valence-electron chi connectivity index (χ0n) is 17.9. The minimum atomic E-state index is -2.17. The maximum atomic E-state index is 8.49. The molecule has 24 heteroatoms. The smallest absolute Gasteiger partial charge is 0.870 e. The topological polar surface area (TPSA) is 415 Å². The zero-order valence-corrected chi connectivity index (χ0v) is 36.6. The summed E-state index contributed by atoms with van der Waals surface area (Å²) < 4.78 is 0. The van der Waals surface area contributed by atoms with Gasteiger partial charge in [0.2, 0.25) is 0 Å². The summed E-state index contributed by atoms with van der Waals surface area (Å²) in [4.78, 5) is 16.6. The maximum absolute atomic E-state index is 8.49. The number of carboxylic acid groups (broad SMARTS) is 2. The quantitative estimate of drug-likeness (QED) is 0.0650. The Morgan fingerprint density at radius 1 is 0.618 bits per heavy atom. The largest absolute Gasteiger partial charge is 1.00 e. The van der Waals surface area contributed by atoms with E-state index in [0.717, 1.165) is 0 Å². The van der Waals surface area contributed by atoms with Crippen LogP contribution >= 0.6 is 0 Å². The summed E-state index contributed by atoms with van der Waals surface area (Å²) in [5, 5.41) is 80.6. The standard InChI is InChI=1S/CH4O3.2CH4O2.CH3O2.2CH2O2.4CH4.6K.5H2O/c2-1(3)4;5*2-1-3;;;;;;;;;;;;;;;/h1-4H;2*2-3H,1H2;2H,1H2;2*1H,(H,2,3);4*1H4;;;;;;;5*1H2/q;;;-1;;;;;;;6*+1;;;;;/p-4. The van der Waals surface area contributed by atoms with Crippen LogP contribution in [-0.2, 0) is 9.59 Å². The van der Waals surface area contributed by atoms with Crippen LogP contribution in [0.25, 0.3) is 0 Å². The number of hydrogen-bond acceptors (Lipinski definition) is 15. The van der Waals surface area contributed by atoms with Crippen molar-refractivity contribution in [2.45, 2.75) is 36.2 Å². The van der Waals surface area contributed by atoms with Crippen LogP contribution < -0.4 is 319 Å². The van der Waals surface area contributed by atoms with Gasteiger partial charge >= 0.3 is 308 Å². The molecule has 0 aliphatic rings. The van der Waals surface area contributed by atoms with Gasteiger partial charge in [0.1, 0.15) is 13.6 Å². The third kappa shape index (κ3) is 919. The molecule has 0 fully saturated rings. The van der Waals surface area contributed by atoms with Gasteiger partial charge in [-0.05, 0) is 6.79 Å². The molecule has 0 aliphatic carbocycles. The van der Waals surface area contributed by atoms with Crippen molar-refractivity contribution < 1.29 is 401 Å². The molecule has 0 aromatic rings. The van der Waals surface area contributed by atoms with Crippen LogP contribution in [0.2, 0.25) is 0 Å². The molecule has 0 aliphatic heterocycles. The molecule has 0 radical (unpaired) electrons. The van der Waals surface area contributed by atoms with Gasteiger partial charge in [-0.3, -0.25) is 4.79 Å². The molecule has 18 nitrogen and oxygen atoms in total. The van der Waals surface area contributed by atoms with Gasteiger partial charge in [0.25, 0.3) is 12.9 Å². The summed E-state index contributed by atoms with van der Waals surface area (Å²) in [7, 11) is 0. The molecule has 0 saturated heterocycles. The zero-order chi connectivity index (χ0) is 17.1. The fourth-order valence-electron chi connectivity index (χ4n) is 0. The molecule has 0 heterocycles. The normalized spacial score (nSPS) is 3.35. The average molecular weight is 684 g/mol. The molecule has 0 bridgehead atoms. The van der Waals surface area contributed by atoms with Gasteiger partial charge in [0.05, 0.1) is 0 Å². The Morgan fingerprint density at radius 2 is 0.618 bits per heavy atom. The van der Waals surface area contributed by atoms with Crippen LogP contribution in [0.15, 0.2) is 0 Å². The van der Waals surface area contributed by atoms with Crippen molar-refractivity contribution in [1.29, 1.82) is 0 Å². The van der Waals surface area contributed by atoms with Crippen LogP contribution in [0.4, 0.5) is 0 Å². The number of carbonyl (C=O) groups is 2. The van der Waals surface area contributed by atoms with Crippen molar-refractivity contribution >= 4 is 12.9 Å². The van der Waals surface area contributed by atoms with E-state index in [0.29, 0.717) is 0 Å². The number of aliphatic hydroxyl groups excluding tert-OH is 4. The average Bonchev–Trinajstić information content (AvgIpc) is 2.21. The van der Waals surface area contributed by atoms with Gasteiger partial charge in [-0.1, -0.05) is 29.7 Å². The van der Waals surface area contributed by atoms with E-state index in [1.54, 1.807) is 0 Å². The maximum Gasteiger partial charge on any atom is 1.00 e. The summed E-state index contributed by atoms with van der Waals surface area (Å²) >= 11 is 0. The Morgan fingerprint density at radius 3 is 0.618 bits per heavy atom.